The highest BCUT2D eigenvalue weighted by atomic mass is 32.1. The second-order valence-corrected chi connectivity index (χ2v) is 8.22. The van der Waals surface area contributed by atoms with E-state index >= 15 is 0 Å². The van der Waals surface area contributed by atoms with Gasteiger partial charge in [0.1, 0.15) is 12.4 Å². The number of rotatable bonds is 4. The Bertz CT molecular complexity index is 1310. The summed E-state index contributed by atoms with van der Waals surface area (Å²) in [6.07, 6.45) is -1.36. The number of aryl methyl sites for hydroxylation is 2. The van der Waals surface area contributed by atoms with Gasteiger partial charge in [0.2, 0.25) is 0 Å². The van der Waals surface area contributed by atoms with Gasteiger partial charge in [-0.25, -0.2) is 9.78 Å². The number of carbonyl (C=O) groups excluding carboxylic acids is 1. The number of nitrogens with zero attached hydrogens (tertiary/aromatic N) is 5. The number of para-hydroxylation sites is 1. The first-order chi connectivity index (χ1) is 15.6. The Hall–Kier alpha value is -3.85. The average Bonchev–Trinajstić information content (AvgIpc) is 3.37. The third-order valence-electron chi connectivity index (χ3n) is 5.23. The predicted octanol–water partition coefficient (Wildman–Crippen LogP) is 4.12. The Balaban J connectivity index is 1.54. The fourth-order valence-electron chi connectivity index (χ4n) is 3.65. The molecular formula is C23H20N6O2S. The third-order valence-corrected chi connectivity index (χ3v) is 6.14. The van der Waals surface area contributed by atoms with Crippen LogP contribution < -0.4 is 5.32 Å². The smallest absolute Gasteiger partial charge is 0.409 e. The number of hydrogen-bond donors (Lipinski definition) is 1. The van der Waals surface area contributed by atoms with Gasteiger partial charge in [0, 0.05) is 11.1 Å². The lowest BCUT2D eigenvalue weighted by Crippen LogP contribution is -2.30. The summed E-state index contributed by atoms with van der Waals surface area (Å²) in [6.45, 7) is 3.91. The Kier molecular flexibility index (Phi) is 5.24. The number of fused-ring (bicyclic) bond motifs is 3. The van der Waals surface area contributed by atoms with Gasteiger partial charge in [0.25, 0.3) is 0 Å². The zero-order chi connectivity index (χ0) is 22.1. The SMILES string of the molecule is Cc1ncsc1COC(=O)NC1N=C(c2ccccc2)c2ccccc2-n2c(C)nnc21. The molecule has 1 unspecified atom stereocenters. The van der Waals surface area contributed by atoms with Crippen LogP contribution in [0.3, 0.4) is 0 Å². The van der Waals surface area contributed by atoms with Crippen LogP contribution in [-0.2, 0) is 11.3 Å². The van der Waals surface area contributed by atoms with Crippen molar-refractivity contribution >= 4 is 23.1 Å². The minimum absolute atomic E-state index is 0.149. The molecule has 9 heteroatoms. The molecular weight excluding hydrogens is 424 g/mol. The van der Waals surface area contributed by atoms with E-state index < -0.39 is 12.3 Å². The minimum Gasteiger partial charge on any atom is -0.444 e. The summed E-state index contributed by atoms with van der Waals surface area (Å²) >= 11 is 1.45. The van der Waals surface area contributed by atoms with E-state index in [0.717, 1.165) is 33.1 Å². The number of hydrogen-bond acceptors (Lipinski definition) is 7. The average molecular weight is 445 g/mol. The van der Waals surface area contributed by atoms with Gasteiger partial charge < -0.3 is 4.74 Å². The molecule has 0 saturated heterocycles. The normalized spacial score (nSPS) is 14.7. The van der Waals surface area contributed by atoms with Crippen LogP contribution in [0, 0.1) is 13.8 Å². The first-order valence-electron chi connectivity index (χ1n) is 10.1. The molecule has 2 aromatic carbocycles. The molecule has 0 saturated carbocycles. The van der Waals surface area contributed by atoms with E-state index in [2.05, 4.69) is 20.5 Å². The molecule has 3 heterocycles. The lowest BCUT2D eigenvalue weighted by Gasteiger charge is -2.14. The number of carbonyl (C=O) groups is 1. The fraction of sp³-hybridized carbons (Fsp3) is 0.174. The largest absolute Gasteiger partial charge is 0.444 e. The lowest BCUT2D eigenvalue weighted by molar-refractivity contribution is 0.136. The first-order valence-corrected chi connectivity index (χ1v) is 11.0. The van der Waals surface area contributed by atoms with Gasteiger partial charge in [-0.1, -0.05) is 48.5 Å². The summed E-state index contributed by atoms with van der Waals surface area (Å²) in [5.41, 5.74) is 6.13. The highest BCUT2D eigenvalue weighted by Gasteiger charge is 2.29. The second-order valence-electron chi connectivity index (χ2n) is 7.29. The highest BCUT2D eigenvalue weighted by molar-refractivity contribution is 7.09. The Morgan fingerprint density at radius 3 is 2.66 bits per heavy atom. The fourth-order valence-corrected chi connectivity index (χ4v) is 4.34. The first kappa shape index (κ1) is 20.1. The molecule has 0 bridgehead atoms. The maximum atomic E-state index is 12.7. The van der Waals surface area contributed by atoms with Crippen LogP contribution in [0.5, 0.6) is 0 Å². The number of ether oxygens (including phenoxy) is 1. The molecule has 1 aliphatic heterocycles. The molecule has 1 atom stereocenters. The number of aliphatic imine (C=N–C) groups is 1. The monoisotopic (exact) mass is 444 g/mol. The molecule has 0 aliphatic carbocycles. The van der Waals surface area contributed by atoms with E-state index in [4.69, 9.17) is 9.73 Å². The molecule has 4 aromatic rings. The van der Waals surface area contributed by atoms with Crippen molar-refractivity contribution in [3.8, 4) is 5.69 Å². The van der Waals surface area contributed by atoms with Crippen molar-refractivity contribution in [1.82, 2.24) is 25.1 Å². The van der Waals surface area contributed by atoms with E-state index in [1.165, 1.54) is 11.3 Å². The molecule has 5 rings (SSSR count). The molecule has 160 valence electrons. The van der Waals surface area contributed by atoms with Crippen molar-refractivity contribution in [2.75, 3.05) is 0 Å². The molecule has 0 spiro atoms. The summed E-state index contributed by atoms with van der Waals surface area (Å²) < 4.78 is 7.37. The molecule has 0 radical (unpaired) electrons. The van der Waals surface area contributed by atoms with E-state index in [0.29, 0.717) is 11.6 Å². The maximum absolute atomic E-state index is 12.7. The molecule has 0 fully saturated rings. The van der Waals surface area contributed by atoms with Crippen LogP contribution in [0.25, 0.3) is 5.69 Å². The van der Waals surface area contributed by atoms with Crippen LogP contribution in [0.1, 0.15) is 39.5 Å². The Morgan fingerprint density at radius 2 is 1.88 bits per heavy atom. The van der Waals surface area contributed by atoms with Crippen molar-refractivity contribution in [3.63, 3.8) is 0 Å². The van der Waals surface area contributed by atoms with Gasteiger partial charge >= 0.3 is 6.09 Å². The molecule has 1 amide bonds. The van der Waals surface area contributed by atoms with E-state index in [1.54, 1.807) is 5.51 Å². The van der Waals surface area contributed by atoms with E-state index in [9.17, 15) is 4.79 Å². The maximum Gasteiger partial charge on any atom is 0.409 e. The quantitative estimate of drug-likeness (QED) is 0.511. The van der Waals surface area contributed by atoms with Crippen molar-refractivity contribution in [2.24, 2.45) is 4.99 Å². The lowest BCUT2D eigenvalue weighted by atomic mass is 10.0. The zero-order valence-corrected chi connectivity index (χ0v) is 18.3. The standard InChI is InChI=1S/C23H20N6O2S/c1-14-19(32-13-24-14)12-31-23(30)26-21-22-28-27-15(2)29(22)18-11-7-6-10-17(18)20(25-21)16-8-4-3-5-9-16/h3-11,13,21H,12H2,1-2H3,(H,26,30). The van der Waals surface area contributed by atoms with Gasteiger partial charge in [0.15, 0.2) is 12.0 Å². The zero-order valence-electron chi connectivity index (χ0n) is 17.5. The van der Waals surface area contributed by atoms with Crippen LogP contribution in [0.2, 0.25) is 0 Å². The summed E-state index contributed by atoms with van der Waals surface area (Å²) in [6, 6.07) is 17.8. The number of thiazole rings is 1. The van der Waals surface area contributed by atoms with Crippen LogP contribution in [0.15, 0.2) is 65.1 Å². The number of amides is 1. The number of alkyl carbamates (subject to hydrolysis) is 1. The molecule has 2 aromatic heterocycles. The van der Waals surface area contributed by atoms with Gasteiger partial charge in [0.05, 0.1) is 27.5 Å². The van der Waals surface area contributed by atoms with Gasteiger partial charge in [-0.2, -0.15) is 0 Å². The summed E-state index contributed by atoms with van der Waals surface area (Å²) in [5.74, 6) is 1.23. The van der Waals surface area contributed by atoms with E-state index in [-0.39, 0.29) is 6.61 Å². The molecule has 8 nitrogen and oxygen atoms in total. The Labute approximate surface area is 188 Å². The predicted molar refractivity (Wildman–Crippen MR) is 121 cm³/mol. The van der Waals surface area contributed by atoms with Crippen LogP contribution in [-0.4, -0.2) is 31.6 Å². The number of aromatic nitrogens is 4. The van der Waals surface area contributed by atoms with Crippen molar-refractivity contribution in [2.45, 2.75) is 26.6 Å². The molecule has 1 N–H and O–H groups in total. The van der Waals surface area contributed by atoms with Gasteiger partial charge in [-0.05, 0) is 19.9 Å². The van der Waals surface area contributed by atoms with Crippen LogP contribution >= 0.6 is 11.3 Å². The highest BCUT2D eigenvalue weighted by Crippen LogP contribution is 2.29. The van der Waals surface area contributed by atoms with Crippen LogP contribution in [0.4, 0.5) is 4.79 Å². The molecule has 1 aliphatic rings. The number of benzene rings is 2. The second kappa shape index (κ2) is 8.35. The summed E-state index contributed by atoms with van der Waals surface area (Å²) in [7, 11) is 0. The number of nitrogens with one attached hydrogen (secondary N) is 1. The third kappa shape index (κ3) is 3.67. The minimum atomic E-state index is -0.770. The van der Waals surface area contributed by atoms with Crippen molar-refractivity contribution < 1.29 is 9.53 Å². The molecule has 32 heavy (non-hydrogen) atoms. The summed E-state index contributed by atoms with van der Waals surface area (Å²) in [5, 5.41) is 11.4. The van der Waals surface area contributed by atoms with Crippen molar-refractivity contribution in [3.05, 3.63) is 93.5 Å². The summed E-state index contributed by atoms with van der Waals surface area (Å²) in [4.78, 5) is 22.7. The Morgan fingerprint density at radius 1 is 1.09 bits per heavy atom. The van der Waals surface area contributed by atoms with Gasteiger partial charge in [-0.3, -0.25) is 14.9 Å². The van der Waals surface area contributed by atoms with Gasteiger partial charge in [-0.15, -0.1) is 21.5 Å². The van der Waals surface area contributed by atoms with E-state index in [1.807, 2.05) is 73.0 Å². The van der Waals surface area contributed by atoms with Crippen molar-refractivity contribution in [1.29, 1.82) is 0 Å². The topological polar surface area (TPSA) is 94.3 Å².